The second-order valence-corrected chi connectivity index (χ2v) is 6.28. The van der Waals surface area contributed by atoms with Gasteiger partial charge in [-0.2, -0.15) is 5.26 Å². The quantitative estimate of drug-likeness (QED) is 0.713. The van der Waals surface area contributed by atoms with Crippen LogP contribution in [0.25, 0.3) is 0 Å². The topological polar surface area (TPSA) is 94.5 Å². The minimum Gasteiger partial charge on any atom is -0.493 e. The van der Waals surface area contributed by atoms with Gasteiger partial charge in [-0.25, -0.2) is 14.5 Å². The molecule has 4 amide bonds. The molecule has 0 aromatic heterocycles. The number of benzene rings is 1. The van der Waals surface area contributed by atoms with Gasteiger partial charge < -0.3 is 15.4 Å². The highest BCUT2D eigenvalue weighted by molar-refractivity contribution is 5.96. The first-order chi connectivity index (χ1) is 13.0. The molecule has 1 aliphatic heterocycles. The molecule has 2 N–H and O–H groups in total. The van der Waals surface area contributed by atoms with Crippen molar-refractivity contribution in [2.24, 2.45) is 0 Å². The van der Waals surface area contributed by atoms with E-state index in [2.05, 4.69) is 23.6 Å². The fraction of sp³-hybridized carbons (Fsp3) is 0.450. The van der Waals surface area contributed by atoms with Crippen molar-refractivity contribution >= 4 is 12.1 Å². The van der Waals surface area contributed by atoms with Gasteiger partial charge >= 0.3 is 12.1 Å². The Labute approximate surface area is 160 Å². The molecule has 1 aromatic rings. The van der Waals surface area contributed by atoms with E-state index in [1.165, 1.54) is 0 Å². The normalized spacial score (nSPS) is 16.6. The van der Waals surface area contributed by atoms with E-state index in [0.29, 0.717) is 35.7 Å². The molecule has 27 heavy (non-hydrogen) atoms. The average molecular weight is 370 g/mol. The van der Waals surface area contributed by atoms with Gasteiger partial charge in [0.25, 0.3) is 0 Å². The summed E-state index contributed by atoms with van der Waals surface area (Å²) >= 11 is 0. The van der Waals surface area contributed by atoms with Crippen molar-refractivity contribution in [1.29, 1.82) is 5.26 Å². The first-order valence-corrected chi connectivity index (χ1v) is 9.25. The van der Waals surface area contributed by atoms with Crippen molar-refractivity contribution in [3.63, 3.8) is 0 Å². The number of allylic oxidation sites excluding steroid dienone is 1. The number of nitrogens with zero attached hydrogens (tertiary/aromatic N) is 2. The third-order valence-corrected chi connectivity index (χ3v) is 4.34. The van der Waals surface area contributed by atoms with Crippen LogP contribution in [0.15, 0.2) is 35.5 Å². The molecule has 1 atom stereocenters. The summed E-state index contributed by atoms with van der Waals surface area (Å²) in [6.07, 6.45) is 3.05. The lowest BCUT2D eigenvalue weighted by molar-refractivity contribution is 0.172. The SMILES string of the molecule is CCCCCOc1ccccc1C1C(C#N)=C(C)NC(=O)N1C(=O)NCC. The maximum atomic E-state index is 12.6. The number of carbonyl (C=O) groups excluding carboxylic acids is 2. The summed E-state index contributed by atoms with van der Waals surface area (Å²) in [7, 11) is 0. The molecule has 7 nitrogen and oxygen atoms in total. The summed E-state index contributed by atoms with van der Waals surface area (Å²) in [5, 5.41) is 14.9. The maximum Gasteiger partial charge on any atom is 0.330 e. The van der Waals surface area contributed by atoms with E-state index in [-0.39, 0.29) is 0 Å². The lowest BCUT2D eigenvalue weighted by Crippen LogP contribution is -2.53. The van der Waals surface area contributed by atoms with Crippen molar-refractivity contribution in [3.8, 4) is 11.8 Å². The molecule has 1 aliphatic rings. The Balaban J connectivity index is 2.47. The van der Waals surface area contributed by atoms with Gasteiger partial charge in [0.15, 0.2) is 0 Å². The lowest BCUT2D eigenvalue weighted by atomic mass is 9.94. The van der Waals surface area contributed by atoms with E-state index < -0.39 is 18.1 Å². The van der Waals surface area contributed by atoms with Crippen LogP contribution < -0.4 is 15.4 Å². The molecule has 7 heteroatoms. The molecule has 0 fully saturated rings. The number of para-hydroxylation sites is 1. The van der Waals surface area contributed by atoms with E-state index in [9.17, 15) is 14.9 Å². The molecular weight excluding hydrogens is 344 g/mol. The third-order valence-electron chi connectivity index (χ3n) is 4.34. The van der Waals surface area contributed by atoms with Gasteiger partial charge in [0.2, 0.25) is 0 Å². The minimum absolute atomic E-state index is 0.311. The number of unbranched alkanes of at least 4 members (excludes halogenated alkanes) is 2. The van der Waals surface area contributed by atoms with Crippen LogP contribution in [0.3, 0.4) is 0 Å². The Morgan fingerprint density at radius 2 is 2.07 bits per heavy atom. The Morgan fingerprint density at radius 3 is 2.74 bits per heavy atom. The van der Waals surface area contributed by atoms with Gasteiger partial charge in [-0.15, -0.1) is 0 Å². The number of carbonyl (C=O) groups is 2. The van der Waals surface area contributed by atoms with Crippen LogP contribution in [0, 0.1) is 11.3 Å². The van der Waals surface area contributed by atoms with Crippen molar-refractivity contribution in [2.75, 3.05) is 13.2 Å². The van der Waals surface area contributed by atoms with Crippen LogP contribution >= 0.6 is 0 Å². The summed E-state index contributed by atoms with van der Waals surface area (Å²) in [5.41, 5.74) is 1.37. The van der Waals surface area contributed by atoms with Crippen LogP contribution in [0.2, 0.25) is 0 Å². The highest BCUT2D eigenvalue weighted by Gasteiger charge is 2.40. The van der Waals surface area contributed by atoms with Crippen molar-refractivity contribution in [2.45, 2.75) is 46.1 Å². The number of hydrogen-bond donors (Lipinski definition) is 2. The lowest BCUT2D eigenvalue weighted by Gasteiger charge is -2.35. The maximum absolute atomic E-state index is 12.6. The van der Waals surface area contributed by atoms with Gasteiger partial charge in [-0.3, -0.25) is 0 Å². The van der Waals surface area contributed by atoms with Crippen LogP contribution in [0.5, 0.6) is 5.75 Å². The number of nitriles is 1. The molecule has 2 rings (SSSR count). The van der Waals surface area contributed by atoms with Gasteiger partial charge in [-0.1, -0.05) is 38.0 Å². The summed E-state index contributed by atoms with van der Waals surface area (Å²) in [6.45, 7) is 6.45. The fourth-order valence-electron chi connectivity index (χ4n) is 3.00. The number of imide groups is 1. The molecule has 0 radical (unpaired) electrons. The average Bonchev–Trinajstić information content (AvgIpc) is 2.65. The number of rotatable bonds is 7. The Bertz CT molecular complexity index is 767. The van der Waals surface area contributed by atoms with E-state index in [1.807, 2.05) is 6.07 Å². The van der Waals surface area contributed by atoms with Gasteiger partial charge in [0, 0.05) is 17.8 Å². The number of hydrogen-bond acceptors (Lipinski definition) is 4. The highest BCUT2D eigenvalue weighted by atomic mass is 16.5. The highest BCUT2D eigenvalue weighted by Crippen LogP contribution is 2.38. The smallest absolute Gasteiger partial charge is 0.330 e. The van der Waals surface area contributed by atoms with Crippen molar-refractivity contribution in [3.05, 3.63) is 41.1 Å². The minimum atomic E-state index is -0.835. The fourth-order valence-corrected chi connectivity index (χ4v) is 3.00. The summed E-state index contributed by atoms with van der Waals surface area (Å²) in [6, 6.07) is 7.41. The molecule has 0 aliphatic carbocycles. The first-order valence-electron chi connectivity index (χ1n) is 9.25. The van der Waals surface area contributed by atoms with E-state index in [0.717, 1.165) is 24.2 Å². The molecule has 1 heterocycles. The summed E-state index contributed by atoms with van der Waals surface area (Å²) in [5.74, 6) is 0.572. The van der Waals surface area contributed by atoms with Gasteiger partial charge in [0.05, 0.1) is 18.2 Å². The van der Waals surface area contributed by atoms with Crippen molar-refractivity contribution < 1.29 is 14.3 Å². The Hall–Kier alpha value is -3.01. The largest absolute Gasteiger partial charge is 0.493 e. The summed E-state index contributed by atoms with van der Waals surface area (Å²) < 4.78 is 5.92. The van der Waals surface area contributed by atoms with Crippen molar-refractivity contribution in [1.82, 2.24) is 15.5 Å². The van der Waals surface area contributed by atoms with Crippen LogP contribution in [0.4, 0.5) is 9.59 Å². The van der Waals surface area contributed by atoms with E-state index in [4.69, 9.17) is 4.74 Å². The molecule has 0 bridgehead atoms. The Morgan fingerprint density at radius 1 is 1.33 bits per heavy atom. The van der Waals surface area contributed by atoms with Crippen LogP contribution in [-0.2, 0) is 0 Å². The van der Waals surface area contributed by atoms with E-state index >= 15 is 0 Å². The third kappa shape index (κ3) is 4.59. The Kier molecular flexibility index (Phi) is 7.24. The zero-order chi connectivity index (χ0) is 19.8. The standard InChI is InChI=1S/C20H26N4O3/c1-4-6-9-12-27-17-11-8-7-10-15(17)18-16(13-21)14(3)23-20(26)24(18)19(25)22-5-2/h7-8,10-11,18H,4-6,9,12H2,1-3H3,(H,22,25)(H,23,26). The molecule has 0 saturated heterocycles. The zero-order valence-corrected chi connectivity index (χ0v) is 16.0. The number of amides is 4. The molecule has 0 spiro atoms. The predicted molar refractivity (Wildman–Crippen MR) is 102 cm³/mol. The summed E-state index contributed by atoms with van der Waals surface area (Å²) in [4.78, 5) is 26.1. The van der Waals surface area contributed by atoms with Crippen LogP contribution in [0.1, 0.15) is 51.6 Å². The first kappa shape index (κ1) is 20.3. The van der Waals surface area contributed by atoms with Gasteiger partial charge in [0.1, 0.15) is 11.8 Å². The van der Waals surface area contributed by atoms with Crippen LogP contribution in [-0.4, -0.2) is 30.1 Å². The molecule has 144 valence electrons. The second-order valence-electron chi connectivity index (χ2n) is 6.28. The predicted octanol–water partition coefficient (Wildman–Crippen LogP) is 3.85. The van der Waals surface area contributed by atoms with Gasteiger partial charge in [-0.05, 0) is 26.3 Å². The number of urea groups is 2. The molecule has 1 unspecified atom stereocenters. The second kappa shape index (κ2) is 9.62. The molecular formula is C20H26N4O3. The monoisotopic (exact) mass is 370 g/mol. The van der Waals surface area contributed by atoms with E-state index in [1.54, 1.807) is 32.0 Å². The number of nitrogens with one attached hydrogen (secondary N) is 2. The number of ether oxygens (including phenoxy) is 1. The molecule has 1 aromatic carbocycles. The molecule has 0 saturated carbocycles. The zero-order valence-electron chi connectivity index (χ0n) is 16.0.